The van der Waals surface area contributed by atoms with Crippen molar-refractivity contribution < 1.29 is 14.3 Å². The molecule has 0 aromatic carbocycles. The minimum Gasteiger partial charge on any atom is -0.467 e. The molecule has 1 aromatic heterocycles. The summed E-state index contributed by atoms with van der Waals surface area (Å²) in [5.74, 6) is -0.757. The smallest absolute Gasteiger partial charge is 0.331 e. The van der Waals surface area contributed by atoms with Crippen LogP contribution in [0.15, 0.2) is 0 Å². The second-order valence-electron chi connectivity index (χ2n) is 4.83. The van der Waals surface area contributed by atoms with Crippen LogP contribution in [-0.2, 0) is 16.0 Å². The minimum absolute atomic E-state index is 0.315. The summed E-state index contributed by atoms with van der Waals surface area (Å²) in [6.45, 7) is 5.63. The number of carbonyl (C=O) groups excluding carboxylic acids is 2. The molecule has 0 radical (unpaired) electrons. The third kappa shape index (κ3) is 3.75. The maximum atomic E-state index is 12.3. The van der Waals surface area contributed by atoms with E-state index in [1.807, 2.05) is 13.8 Å². The van der Waals surface area contributed by atoms with Crippen molar-refractivity contribution in [1.82, 2.24) is 14.9 Å². The van der Waals surface area contributed by atoms with Crippen molar-refractivity contribution in [3.8, 4) is 0 Å². The van der Waals surface area contributed by atoms with Gasteiger partial charge in [0.25, 0.3) is 5.91 Å². The molecule has 0 spiro atoms. The SMILES string of the molecule is CCCc1nnsc1C(=O)NC(C)(CCC)C(=O)OC. The van der Waals surface area contributed by atoms with Gasteiger partial charge in [-0.15, -0.1) is 5.10 Å². The quantitative estimate of drug-likeness (QED) is 0.778. The van der Waals surface area contributed by atoms with Gasteiger partial charge in [0, 0.05) is 0 Å². The van der Waals surface area contributed by atoms with Gasteiger partial charge in [0.1, 0.15) is 10.4 Å². The number of nitrogens with one attached hydrogen (secondary N) is 1. The largest absolute Gasteiger partial charge is 0.467 e. The standard InChI is InChI=1S/C13H21N3O3S/c1-5-7-9-10(20-16-15-9)11(17)14-13(3,8-6-2)12(18)19-4/h5-8H2,1-4H3,(H,14,17). The molecule has 0 aliphatic rings. The fraction of sp³-hybridized carbons (Fsp3) is 0.692. The first-order chi connectivity index (χ1) is 9.48. The van der Waals surface area contributed by atoms with Crippen molar-refractivity contribution in [2.45, 2.75) is 52.0 Å². The molecule has 1 rings (SSSR count). The molecule has 112 valence electrons. The number of aryl methyl sites for hydroxylation is 1. The normalized spacial score (nSPS) is 13.6. The second kappa shape index (κ2) is 7.33. The van der Waals surface area contributed by atoms with Crippen molar-refractivity contribution in [1.29, 1.82) is 0 Å². The van der Waals surface area contributed by atoms with E-state index in [1.54, 1.807) is 6.92 Å². The Morgan fingerprint density at radius 1 is 1.35 bits per heavy atom. The molecule has 20 heavy (non-hydrogen) atoms. The number of nitrogens with zero attached hydrogens (tertiary/aromatic N) is 2. The molecule has 0 aliphatic heterocycles. The number of methoxy groups -OCH3 is 1. The van der Waals surface area contributed by atoms with Gasteiger partial charge in [-0.1, -0.05) is 31.2 Å². The number of carbonyl (C=O) groups is 2. The zero-order valence-corrected chi connectivity index (χ0v) is 13.2. The van der Waals surface area contributed by atoms with Crippen LogP contribution in [0.2, 0.25) is 0 Å². The zero-order valence-electron chi connectivity index (χ0n) is 12.4. The lowest BCUT2D eigenvalue weighted by Crippen LogP contribution is -2.52. The summed E-state index contributed by atoms with van der Waals surface area (Å²) < 4.78 is 8.60. The van der Waals surface area contributed by atoms with Crippen molar-refractivity contribution >= 4 is 23.4 Å². The molecule has 6 nitrogen and oxygen atoms in total. The van der Waals surface area contributed by atoms with E-state index < -0.39 is 11.5 Å². The molecular formula is C13H21N3O3S. The number of esters is 1. The number of hydrogen-bond acceptors (Lipinski definition) is 6. The summed E-state index contributed by atoms with van der Waals surface area (Å²) in [7, 11) is 1.32. The highest BCUT2D eigenvalue weighted by atomic mass is 32.1. The van der Waals surface area contributed by atoms with Gasteiger partial charge in [-0.25, -0.2) is 4.79 Å². The van der Waals surface area contributed by atoms with E-state index in [-0.39, 0.29) is 5.91 Å². The molecule has 1 N–H and O–H groups in total. The van der Waals surface area contributed by atoms with Crippen LogP contribution in [0.5, 0.6) is 0 Å². The zero-order chi connectivity index (χ0) is 15.2. The predicted molar refractivity (Wildman–Crippen MR) is 76.7 cm³/mol. The predicted octanol–water partition coefficient (Wildman–Crippen LogP) is 1.95. The van der Waals surface area contributed by atoms with E-state index >= 15 is 0 Å². The summed E-state index contributed by atoms with van der Waals surface area (Å²) in [5.41, 5.74) is -0.340. The molecule has 0 bridgehead atoms. The number of rotatable bonds is 7. The molecule has 0 fully saturated rings. The van der Waals surface area contributed by atoms with Gasteiger partial charge < -0.3 is 10.1 Å². The van der Waals surface area contributed by atoms with E-state index in [4.69, 9.17) is 4.74 Å². The lowest BCUT2D eigenvalue weighted by molar-refractivity contribution is -0.147. The van der Waals surface area contributed by atoms with E-state index in [0.717, 1.165) is 24.4 Å². The van der Waals surface area contributed by atoms with Gasteiger partial charge in [-0.2, -0.15) is 0 Å². The maximum Gasteiger partial charge on any atom is 0.331 e. The first-order valence-electron chi connectivity index (χ1n) is 6.70. The fourth-order valence-electron chi connectivity index (χ4n) is 2.03. The van der Waals surface area contributed by atoms with Crippen molar-refractivity contribution in [3.63, 3.8) is 0 Å². The van der Waals surface area contributed by atoms with Gasteiger partial charge in [0.15, 0.2) is 0 Å². The number of ether oxygens (including phenoxy) is 1. The molecule has 0 aliphatic carbocycles. The lowest BCUT2D eigenvalue weighted by Gasteiger charge is -2.27. The van der Waals surface area contributed by atoms with Crippen LogP contribution in [0, 0.1) is 0 Å². The van der Waals surface area contributed by atoms with Crippen LogP contribution in [0.3, 0.4) is 0 Å². The Morgan fingerprint density at radius 2 is 2.05 bits per heavy atom. The summed E-state index contributed by atoms with van der Waals surface area (Å²) in [6.07, 6.45) is 2.85. The second-order valence-corrected chi connectivity index (χ2v) is 5.58. The third-order valence-electron chi connectivity index (χ3n) is 3.02. The van der Waals surface area contributed by atoms with Crippen LogP contribution in [0.1, 0.15) is 55.4 Å². The molecular weight excluding hydrogens is 278 g/mol. The topological polar surface area (TPSA) is 81.2 Å². The van der Waals surface area contributed by atoms with Crippen molar-refractivity contribution in [3.05, 3.63) is 10.6 Å². The number of hydrogen-bond donors (Lipinski definition) is 1. The molecule has 0 saturated heterocycles. The lowest BCUT2D eigenvalue weighted by atomic mass is 9.96. The Kier molecular flexibility index (Phi) is 6.06. The summed E-state index contributed by atoms with van der Waals surface area (Å²) >= 11 is 1.05. The Morgan fingerprint density at radius 3 is 2.60 bits per heavy atom. The van der Waals surface area contributed by atoms with Gasteiger partial charge in [-0.05, 0) is 31.3 Å². The average Bonchev–Trinajstić information content (AvgIpc) is 2.86. The van der Waals surface area contributed by atoms with E-state index in [0.29, 0.717) is 23.4 Å². The summed E-state index contributed by atoms with van der Waals surface area (Å²) in [6, 6.07) is 0. The Bertz CT molecular complexity index is 475. The van der Waals surface area contributed by atoms with Gasteiger partial charge in [-0.3, -0.25) is 4.79 Å². The highest BCUT2D eigenvalue weighted by Crippen LogP contribution is 2.18. The molecule has 7 heteroatoms. The Balaban J connectivity index is 2.90. The maximum absolute atomic E-state index is 12.3. The van der Waals surface area contributed by atoms with Crippen LogP contribution in [-0.4, -0.2) is 34.1 Å². The van der Waals surface area contributed by atoms with E-state index in [2.05, 4.69) is 14.9 Å². The minimum atomic E-state index is -1.02. The molecule has 0 saturated carbocycles. The summed E-state index contributed by atoms with van der Waals surface area (Å²) in [5, 5.41) is 6.72. The van der Waals surface area contributed by atoms with Crippen molar-refractivity contribution in [2.24, 2.45) is 0 Å². The van der Waals surface area contributed by atoms with Crippen LogP contribution < -0.4 is 5.32 Å². The monoisotopic (exact) mass is 299 g/mol. The van der Waals surface area contributed by atoms with Gasteiger partial charge in [0.05, 0.1) is 12.8 Å². The van der Waals surface area contributed by atoms with E-state index in [9.17, 15) is 9.59 Å². The molecule has 1 aromatic rings. The van der Waals surface area contributed by atoms with E-state index in [1.165, 1.54) is 7.11 Å². The van der Waals surface area contributed by atoms with Crippen LogP contribution in [0.4, 0.5) is 0 Å². The van der Waals surface area contributed by atoms with Crippen LogP contribution in [0.25, 0.3) is 0 Å². The fourth-order valence-corrected chi connectivity index (χ4v) is 2.63. The molecule has 1 unspecified atom stereocenters. The third-order valence-corrected chi connectivity index (χ3v) is 3.79. The summed E-state index contributed by atoms with van der Waals surface area (Å²) in [4.78, 5) is 24.7. The Hall–Kier alpha value is -1.50. The first-order valence-corrected chi connectivity index (χ1v) is 7.48. The first kappa shape index (κ1) is 16.6. The average molecular weight is 299 g/mol. The van der Waals surface area contributed by atoms with Crippen LogP contribution >= 0.6 is 11.5 Å². The highest BCUT2D eigenvalue weighted by Gasteiger charge is 2.36. The molecule has 1 heterocycles. The molecule has 1 amide bonds. The Labute approximate surface area is 123 Å². The van der Waals surface area contributed by atoms with Crippen molar-refractivity contribution in [2.75, 3.05) is 7.11 Å². The number of amides is 1. The highest BCUT2D eigenvalue weighted by molar-refractivity contribution is 7.08. The molecule has 1 atom stereocenters. The van der Waals surface area contributed by atoms with Gasteiger partial charge >= 0.3 is 5.97 Å². The number of aromatic nitrogens is 2. The van der Waals surface area contributed by atoms with Gasteiger partial charge in [0.2, 0.25) is 0 Å².